The molecule has 94 valence electrons. The highest BCUT2D eigenvalue weighted by Crippen LogP contribution is 2.40. The van der Waals surface area contributed by atoms with Crippen molar-refractivity contribution in [3.63, 3.8) is 0 Å². The van der Waals surface area contributed by atoms with Crippen LogP contribution >= 0.6 is 0 Å². The summed E-state index contributed by atoms with van der Waals surface area (Å²) in [6.07, 6.45) is 5.66. The minimum atomic E-state index is -0.112. The maximum absolute atomic E-state index is 14.3. The van der Waals surface area contributed by atoms with Crippen LogP contribution in [0.1, 0.15) is 48.8 Å². The Balaban J connectivity index is 2.49. The van der Waals surface area contributed by atoms with Crippen molar-refractivity contribution in [3.05, 3.63) is 34.6 Å². The minimum Gasteiger partial charge on any atom is -0.330 e. The van der Waals surface area contributed by atoms with E-state index >= 15 is 0 Å². The topological polar surface area (TPSA) is 26.0 Å². The van der Waals surface area contributed by atoms with Gasteiger partial charge < -0.3 is 5.73 Å². The van der Waals surface area contributed by atoms with Gasteiger partial charge in [-0.2, -0.15) is 0 Å². The average Bonchev–Trinajstić information content (AvgIpc) is 2.34. The Morgan fingerprint density at radius 3 is 2.41 bits per heavy atom. The van der Waals surface area contributed by atoms with Gasteiger partial charge in [0.05, 0.1) is 0 Å². The highest BCUT2D eigenvalue weighted by molar-refractivity contribution is 5.36. The van der Waals surface area contributed by atoms with E-state index in [0.29, 0.717) is 6.54 Å². The first-order valence-electron chi connectivity index (χ1n) is 6.56. The Morgan fingerprint density at radius 2 is 1.82 bits per heavy atom. The monoisotopic (exact) mass is 235 g/mol. The van der Waals surface area contributed by atoms with E-state index in [4.69, 9.17) is 5.73 Å². The summed E-state index contributed by atoms with van der Waals surface area (Å²) in [7, 11) is 0. The van der Waals surface area contributed by atoms with Crippen LogP contribution in [0.3, 0.4) is 0 Å². The van der Waals surface area contributed by atoms with Gasteiger partial charge in [-0.3, -0.25) is 0 Å². The molecule has 0 unspecified atom stereocenters. The van der Waals surface area contributed by atoms with Crippen molar-refractivity contribution in [2.24, 2.45) is 5.73 Å². The zero-order chi connectivity index (χ0) is 12.5. The molecule has 0 heterocycles. The van der Waals surface area contributed by atoms with Crippen LogP contribution in [-0.4, -0.2) is 6.54 Å². The molecule has 0 atom stereocenters. The van der Waals surface area contributed by atoms with E-state index in [-0.39, 0.29) is 11.2 Å². The molecule has 1 aliphatic carbocycles. The van der Waals surface area contributed by atoms with Gasteiger partial charge in [0.1, 0.15) is 5.82 Å². The summed E-state index contributed by atoms with van der Waals surface area (Å²) in [4.78, 5) is 0. The van der Waals surface area contributed by atoms with Crippen molar-refractivity contribution in [2.45, 2.75) is 51.4 Å². The first kappa shape index (κ1) is 12.6. The Labute approximate surface area is 103 Å². The third-order valence-corrected chi connectivity index (χ3v) is 4.17. The molecular weight excluding hydrogens is 213 g/mol. The van der Waals surface area contributed by atoms with Crippen molar-refractivity contribution >= 4 is 0 Å². The second-order valence-electron chi connectivity index (χ2n) is 5.49. The lowest BCUT2D eigenvalue weighted by atomic mass is 9.69. The van der Waals surface area contributed by atoms with Gasteiger partial charge in [-0.05, 0) is 37.8 Å². The normalized spacial score (nSPS) is 19.3. The van der Waals surface area contributed by atoms with Gasteiger partial charge >= 0.3 is 0 Å². The van der Waals surface area contributed by atoms with Gasteiger partial charge in [0.2, 0.25) is 0 Å². The van der Waals surface area contributed by atoms with E-state index in [1.807, 2.05) is 26.0 Å². The van der Waals surface area contributed by atoms with Crippen molar-refractivity contribution in [2.75, 3.05) is 6.54 Å². The van der Waals surface area contributed by atoms with Gasteiger partial charge in [-0.1, -0.05) is 37.0 Å². The Morgan fingerprint density at radius 1 is 1.18 bits per heavy atom. The SMILES string of the molecule is Cc1cc(C)c(F)c(C2(CN)CCCCC2)c1. The van der Waals surface area contributed by atoms with E-state index in [1.54, 1.807) is 0 Å². The van der Waals surface area contributed by atoms with Crippen molar-refractivity contribution in [1.82, 2.24) is 0 Å². The summed E-state index contributed by atoms with van der Waals surface area (Å²) in [6.45, 7) is 4.44. The summed E-state index contributed by atoms with van der Waals surface area (Å²) >= 11 is 0. The minimum absolute atomic E-state index is 0.0389. The van der Waals surface area contributed by atoms with Crippen molar-refractivity contribution in [3.8, 4) is 0 Å². The smallest absolute Gasteiger partial charge is 0.129 e. The highest BCUT2D eigenvalue weighted by Gasteiger charge is 2.35. The van der Waals surface area contributed by atoms with Crippen LogP contribution in [-0.2, 0) is 5.41 Å². The van der Waals surface area contributed by atoms with E-state index in [1.165, 1.54) is 19.3 Å². The van der Waals surface area contributed by atoms with Crippen LogP contribution in [0, 0.1) is 19.7 Å². The predicted octanol–water partition coefficient (Wildman–Crippen LogP) is 3.60. The van der Waals surface area contributed by atoms with Gasteiger partial charge in [0.25, 0.3) is 0 Å². The summed E-state index contributed by atoms with van der Waals surface area (Å²) in [6, 6.07) is 3.91. The molecule has 1 saturated carbocycles. The average molecular weight is 235 g/mol. The Kier molecular flexibility index (Phi) is 3.53. The van der Waals surface area contributed by atoms with Gasteiger partial charge in [-0.25, -0.2) is 4.39 Å². The van der Waals surface area contributed by atoms with Crippen LogP contribution in [0.5, 0.6) is 0 Å². The van der Waals surface area contributed by atoms with E-state index < -0.39 is 0 Å². The number of halogens is 1. The molecule has 1 aliphatic rings. The molecule has 17 heavy (non-hydrogen) atoms. The lowest BCUT2D eigenvalue weighted by molar-refractivity contribution is 0.291. The summed E-state index contributed by atoms with van der Waals surface area (Å²) in [5, 5.41) is 0. The molecule has 2 rings (SSSR count). The standard InChI is InChI=1S/C15H22FN/c1-11-8-12(2)14(16)13(9-11)15(10-17)6-4-3-5-7-15/h8-9H,3-7,10,17H2,1-2H3. The first-order chi connectivity index (χ1) is 8.09. The number of hydrogen-bond acceptors (Lipinski definition) is 1. The molecule has 0 aliphatic heterocycles. The highest BCUT2D eigenvalue weighted by atomic mass is 19.1. The fourth-order valence-corrected chi connectivity index (χ4v) is 3.15. The summed E-state index contributed by atoms with van der Waals surface area (Å²) in [5.74, 6) is -0.0389. The number of hydrogen-bond donors (Lipinski definition) is 1. The second kappa shape index (κ2) is 4.77. The third kappa shape index (κ3) is 2.23. The molecule has 2 N–H and O–H groups in total. The molecule has 0 radical (unpaired) electrons. The fourth-order valence-electron chi connectivity index (χ4n) is 3.15. The van der Waals surface area contributed by atoms with Crippen LogP contribution in [0.4, 0.5) is 4.39 Å². The molecule has 0 saturated heterocycles. The molecule has 1 aromatic carbocycles. The molecule has 0 aromatic heterocycles. The quantitative estimate of drug-likeness (QED) is 0.832. The van der Waals surface area contributed by atoms with Crippen molar-refractivity contribution in [1.29, 1.82) is 0 Å². The number of aryl methyl sites for hydroxylation is 2. The molecule has 0 bridgehead atoms. The number of benzene rings is 1. The maximum Gasteiger partial charge on any atom is 0.129 e. The molecule has 2 heteroatoms. The fraction of sp³-hybridized carbons (Fsp3) is 0.600. The molecule has 1 nitrogen and oxygen atoms in total. The third-order valence-electron chi connectivity index (χ3n) is 4.17. The summed E-state index contributed by atoms with van der Waals surface area (Å²) in [5.41, 5.74) is 8.60. The molecule has 1 aromatic rings. The molecule has 1 fully saturated rings. The van der Waals surface area contributed by atoms with E-state index in [9.17, 15) is 4.39 Å². The number of rotatable bonds is 2. The predicted molar refractivity (Wildman–Crippen MR) is 69.7 cm³/mol. The van der Waals surface area contributed by atoms with E-state index in [0.717, 1.165) is 29.5 Å². The van der Waals surface area contributed by atoms with E-state index in [2.05, 4.69) is 0 Å². The van der Waals surface area contributed by atoms with Gasteiger partial charge in [0, 0.05) is 12.0 Å². The van der Waals surface area contributed by atoms with Crippen LogP contribution in [0.25, 0.3) is 0 Å². The first-order valence-corrected chi connectivity index (χ1v) is 6.56. The summed E-state index contributed by atoms with van der Waals surface area (Å²) < 4.78 is 14.3. The van der Waals surface area contributed by atoms with Crippen molar-refractivity contribution < 1.29 is 4.39 Å². The molecular formula is C15H22FN. The van der Waals surface area contributed by atoms with Crippen LogP contribution in [0.2, 0.25) is 0 Å². The zero-order valence-corrected chi connectivity index (χ0v) is 10.9. The lowest BCUT2D eigenvalue weighted by Gasteiger charge is -2.37. The second-order valence-corrected chi connectivity index (χ2v) is 5.49. The number of nitrogens with two attached hydrogens (primary N) is 1. The zero-order valence-electron chi connectivity index (χ0n) is 10.9. The van der Waals surface area contributed by atoms with Crippen LogP contribution < -0.4 is 5.73 Å². The van der Waals surface area contributed by atoms with Crippen LogP contribution in [0.15, 0.2) is 12.1 Å². The molecule has 0 spiro atoms. The van der Waals surface area contributed by atoms with Gasteiger partial charge in [-0.15, -0.1) is 0 Å². The Bertz CT molecular complexity index is 406. The van der Waals surface area contributed by atoms with Gasteiger partial charge in [0.15, 0.2) is 0 Å². The Hall–Kier alpha value is -0.890. The lowest BCUT2D eigenvalue weighted by Crippen LogP contribution is -2.38. The maximum atomic E-state index is 14.3. The largest absolute Gasteiger partial charge is 0.330 e. The molecule has 0 amide bonds.